The van der Waals surface area contributed by atoms with Crippen LogP contribution in [-0.4, -0.2) is 22.2 Å². The number of aliphatic carboxylic acids is 2. The van der Waals surface area contributed by atoms with E-state index in [1.807, 2.05) is 13.8 Å². The van der Waals surface area contributed by atoms with Gasteiger partial charge in [0.2, 0.25) is 0 Å². The molecule has 0 aromatic heterocycles. The summed E-state index contributed by atoms with van der Waals surface area (Å²) < 4.78 is 0. The molecule has 80 valence electrons. The van der Waals surface area contributed by atoms with Crippen LogP contribution in [0.15, 0.2) is 0 Å². The summed E-state index contributed by atoms with van der Waals surface area (Å²) in [7, 11) is 0. The van der Waals surface area contributed by atoms with Crippen molar-refractivity contribution in [2.45, 2.75) is 26.7 Å². The van der Waals surface area contributed by atoms with Gasteiger partial charge >= 0.3 is 11.9 Å². The number of carboxylic acids is 2. The summed E-state index contributed by atoms with van der Waals surface area (Å²) in [4.78, 5) is 21.7. The lowest BCUT2D eigenvalue weighted by Gasteiger charge is -2.35. The molecule has 1 aliphatic rings. The second kappa shape index (κ2) is 3.98. The highest BCUT2D eigenvalue weighted by atomic mass is 16.4. The van der Waals surface area contributed by atoms with Crippen molar-refractivity contribution >= 4 is 11.9 Å². The first kappa shape index (κ1) is 11.0. The zero-order valence-electron chi connectivity index (χ0n) is 8.43. The van der Waals surface area contributed by atoms with E-state index in [4.69, 9.17) is 10.2 Å². The van der Waals surface area contributed by atoms with E-state index in [9.17, 15) is 9.59 Å². The van der Waals surface area contributed by atoms with Gasteiger partial charge in [-0.15, -0.1) is 0 Å². The minimum absolute atomic E-state index is 0.0534. The van der Waals surface area contributed by atoms with Crippen molar-refractivity contribution in [2.75, 3.05) is 0 Å². The molecule has 1 aliphatic carbocycles. The first-order valence-corrected chi connectivity index (χ1v) is 4.90. The van der Waals surface area contributed by atoms with Gasteiger partial charge in [0.15, 0.2) is 0 Å². The average Bonchev–Trinajstić information content (AvgIpc) is 2.08. The molecule has 1 rings (SSSR count). The molecule has 4 heteroatoms. The van der Waals surface area contributed by atoms with Gasteiger partial charge in [-0.1, -0.05) is 13.8 Å². The van der Waals surface area contributed by atoms with Crippen LogP contribution in [0.5, 0.6) is 0 Å². The highest BCUT2D eigenvalue weighted by Crippen LogP contribution is 2.38. The van der Waals surface area contributed by atoms with Crippen molar-refractivity contribution in [3.8, 4) is 0 Å². The molecule has 2 N–H and O–H groups in total. The summed E-state index contributed by atoms with van der Waals surface area (Å²) in [6, 6.07) is 0. The zero-order valence-corrected chi connectivity index (χ0v) is 8.43. The van der Waals surface area contributed by atoms with E-state index in [0.717, 1.165) is 0 Å². The molecular formula is C10H16O4. The molecule has 0 aromatic carbocycles. The Bertz CT molecular complexity index is 223. The summed E-state index contributed by atoms with van der Waals surface area (Å²) in [5.74, 6) is -2.45. The van der Waals surface area contributed by atoms with E-state index in [2.05, 4.69) is 0 Å². The van der Waals surface area contributed by atoms with Gasteiger partial charge in [-0.2, -0.15) is 0 Å². The van der Waals surface area contributed by atoms with Crippen molar-refractivity contribution in [2.24, 2.45) is 23.7 Å². The summed E-state index contributed by atoms with van der Waals surface area (Å²) in [5.41, 5.74) is 0. The quantitative estimate of drug-likeness (QED) is 0.707. The molecule has 0 saturated heterocycles. The topological polar surface area (TPSA) is 74.6 Å². The number of hydrogen-bond donors (Lipinski definition) is 2. The molecule has 0 amide bonds. The molecule has 0 aliphatic heterocycles. The van der Waals surface area contributed by atoms with Gasteiger partial charge in [-0.3, -0.25) is 9.59 Å². The Labute approximate surface area is 82.9 Å². The predicted molar refractivity (Wildman–Crippen MR) is 49.8 cm³/mol. The third-order valence-corrected chi connectivity index (χ3v) is 3.52. The van der Waals surface area contributed by atoms with Crippen LogP contribution in [0.2, 0.25) is 0 Å². The molecule has 4 nitrogen and oxygen atoms in total. The normalized spacial score (nSPS) is 37.9. The van der Waals surface area contributed by atoms with Gasteiger partial charge in [0.25, 0.3) is 0 Å². The van der Waals surface area contributed by atoms with Gasteiger partial charge in [0, 0.05) is 0 Å². The van der Waals surface area contributed by atoms with Crippen molar-refractivity contribution in [3.05, 3.63) is 0 Å². The van der Waals surface area contributed by atoms with Crippen LogP contribution in [0.4, 0.5) is 0 Å². The maximum Gasteiger partial charge on any atom is 0.306 e. The van der Waals surface area contributed by atoms with Crippen molar-refractivity contribution in [3.63, 3.8) is 0 Å². The molecule has 1 fully saturated rings. The Balaban J connectivity index is 2.73. The smallest absolute Gasteiger partial charge is 0.306 e. The SMILES string of the molecule is CC1C(C(=O)O)CCC(C(=O)O)C1C. The molecular weight excluding hydrogens is 184 g/mol. The number of rotatable bonds is 2. The van der Waals surface area contributed by atoms with Crippen LogP contribution in [0, 0.1) is 23.7 Å². The van der Waals surface area contributed by atoms with Crippen LogP contribution in [-0.2, 0) is 9.59 Å². The van der Waals surface area contributed by atoms with E-state index in [0.29, 0.717) is 12.8 Å². The third kappa shape index (κ3) is 1.89. The Kier molecular flexibility index (Phi) is 3.13. The van der Waals surface area contributed by atoms with Gasteiger partial charge in [0.1, 0.15) is 0 Å². The average molecular weight is 200 g/mol. The van der Waals surface area contributed by atoms with E-state index in [1.54, 1.807) is 0 Å². The predicted octanol–water partition coefficient (Wildman–Crippen LogP) is 1.45. The van der Waals surface area contributed by atoms with E-state index < -0.39 is 11.9 Å². The van der Waals surface area contributed by atoms with E-state index >= 15 is 0 Å². The molecule has 4 atom stereocenters. The Morgan fingerprint density at radius 1 is 0.929 bits per heavy atom. The standard InChI is InChI=1S/C10H16O4/c1-5-6(2)8(10(13)14)4-3-7(5)9(11)12/h5-8H,3-4H2,1-2H3,(H,11,12)(H,13,14). The highest BCUT2D eigenvalue weighted by Gasteiger charge is 2.40. The largest absolute Gasteiger partial charge is 0.481 e. The summed E-state index contributed by atoms with van der Waals surface area (Å²) in [5, 5.41) is 17.8. The molecule has 0 bridgehead atoms. The van der Waals surface area contributed by atoms with Gasteiger partial charge in [-0.05, 0) is 24.7 Å². The minimum atomic E-state index is -0.798. The summed E-state index contributed by atoms with van der Waals surface area (Å²) >= 11 is 0. The lowest BCUT2D eigenvalue weighted by Crippen LogP contribution is -2.38. The fourth-order valence-corrected chi connectivity index (χ4v) is 2.31. The second-order valence-electron chi connectivity index (χ2n) is 4.19. The van der Waals surface area contributed by atoms with Crippen molar-refractivity contribution in [1.29, 1.82) is 0 Å². The lowest BCUT2D eigenvalue weighted by atomic mass is 9.68. The van der Waals surface area contributed by atoms with Crippen LogP contribution < -0.4 is 0 Å². The molecule has 0 aromatic rings. The van der Waals surface area contributed by atoms with Crippen LogP contribution in [0.3, 0.4) is 0 Å². The van der Waals surface area contributed by atoms with Gasteiger partial charge in [-0.25, -0.2) is 0 Å². The van der Waals surface area contributed by atoms with Crippen LogP contribution in [0.1, 0.15) is 26.7 Å². The molecule has 4 unspecified atom stereocenters. The maximum absolute atomic E-state index is 10.8. The van der Waals surface area contributed by atoms with E-state index in [-0.39, 0.29) is 23.7 Å². The van der Waals surface area contributed by atoms with Gasteiger partial charge < -0.3 is 10.2 Å². The van der Waals surface area contributed by atoms with E-state index in [1.165, 1.54) is 0 Å². The van der Waals surface area contributed by atoms with Crippen molar-refractivity contribution < 1.29 is 19.8 Å². The lowest BCUT2D eigenvalue weighted by molar-refractivity contribution is -0.153. The fourth-order valence-electron chi connectivity index (χ4n) is 2.31. The Hall–Kier alpha value is -1.06. The van der Waals surface area contributed by atoms with Crippen molar-refractivity contribution in [1.82, 2.24) is 0 Å². The minimum Gasteiger partial charge on any atom is -0.481 e. The number of carbonyl (C=O) groups is 2. The number of carboxylic acid groups (broad SMARTS) is 2. The Morgan fingerprint density at radius 2 is 1.21 bits per heavy atom. The fraction of sp³-hybridized carbons (Fsp3) is 0.800. The first-order chi connectivity index (χ1) is 6.45. The maximum atomic E-state index is 10.8. The zero-order chi connectivity index (χ0) is 10.9. The number of hydrogen-bond acceptors (Lipinski definition) is 2. The monoisotopic (exact) mass is 200 g/mol. The van der Waals surface area contributed by atoms with Crippen LogP contribution in [0.25, 0.3) is 0 Å². The molecule has 1 saturated carbocycles. The molecule has 0 radical (unpaired) electrons. The first-order valence-electron chi connectivity index (χ1n) is 4.90. The molecule has 0 spiro atoms. The third-order valence-electron chi connectivity index (χ3n) is 3.52. The second-order valence-corrected chi connectivity index (χ2v) is 4.19. The summed E-state index contributed by atoms with van der Waals surface area (Å²) in [6.45, 7) is 3.66. The molecule has 14 heavy (non-hydrogen) atoms. The molecule has 0 heterocycles. The highest BCUT2D eigenvalue weighted by molar-refractivity contribution is 5.73. The van der Waals surface area contributed by atoms with Gasteiger partial charge in [0.05, 0.1) is 11.8 Å². The van der Waals surface area contributed by atoms with Crippen LogP contribution >= 0.6 is 0 Å². The summed E-state index contributed by atoms with van der Waals surface area (Å²) in [6.07, 6.45) is 0.968. The Morgan fingerprint density at radius 3 is 1.43 bits per heavy atom.